The molecule has 0 amide bonds. The fraction of sp³-hybridized carbons (Fsp3) is 0.895. The molecule has 4 nitrogen and oxygen atoms in total. The molecule has 2 atom stereocenters. The summed E-state index contributed by atoms with van der Waals surface area (Å²) in [7, 11) is 0. The SMILES string of the molecule is CC(=O)OC12CC3CC(C1)CC(OC(=O)C(C)(C)C(C)C)(C3)C2. The number of carbonyl (C=O) groups is 2. The highest BCUT2D eigenvalue weighted by Gasteiger charge is 2.61. The van der Waals surface area contributed by atoms with Crippen LogP contribution in [0, 0.1) is 23.2 Å². The summed E-state index contributed by atoms with van der Waals surface area (Å²) in [4.78, 5) is 24.4. The van der Waals surface area contributed by atoms with E-state index in [0.29, 0.717) is 18.3 Å². The van der Waals surface area contributed by atoms with Crippen LogP contribution >= 0.6 is 0 Å². The summed E-state index contributed by atoms with van der Waals surface area (Å²) >= 11 is 0. The Morgan fingerprint density at radius 1 is 1.00 bits per heavy atom. The standard InChI is InChI=1S/C19H30O4/c1-12(2)17(4,5)16(21)23-19-9-14-6-15(10-19)8-18(7-14,11-19)22-13(3)20/h12,14-15H,6-11H2,1-5H3. The molecule has 0 aromatic carbocycles. The Kier molecular flexibility index (Phi) is 3.81. The Hall–Kier alpha value is -1.06. The minimum atomic E-state index is -0.488. The molecule has 0 aromatic rings. The normalized spacial score (nSPS) is 38.7. The van der Waals surface area contributed by atoms with E-state index in [1.807, 2.05) is 13.8 Å². The minimum absolute atomic E-state index is 0.104. The molecule has 0 N–H and O–H groups in total. The first-order chi connectivity index (χ1) is 10.6. The average molecular weight is 322 g/mol. The molecule has 2 unspecified atom stereocenters. The van der Waals surface area contributed by atoms with Gasteiger partial charge in [0.1, 0.15) is 11.2 Å². The molecule has 0 saturated heterocycles. The first kappa shape index (κ1) is 16.8. The summed E-state index contributed by atoms with van der Waals surface area (Å²) in [6, 6.07) is 0. The van der Waals surface area contributed by atoms with Gasteiger partial charge in [0.05, 0.1) is 5.41 Å². The lowest BCUT2D eigenvalue weighted by atomic mass is 9.52. The van der Waals surface area contributed by atoms with E-state index in [1.165, 1.54) is 13.3 Å². The van der Waals surface area contributed by atoms with Gasteiger partial charge in [0.25, 0.3) is 0 Å². The van der Waals surface area contributed by atoms with Gasteiger partial charge in [-0.3, -0.25) is 9.59 Å². The second kappa shape index (κ2) is 5.22. The molecule has 4 fully saturated rings. The van der Waals surface area contributed by atoms with Crippen LogP contribution in [0.3, 0.4) is 0 Å². The third-order valence-electron chi connectivity index (χ3n) is 6.59. The smallest absolute Gasteiger partial charge is 0.312 e. The van der Waals surface area contributed by atoms with Crippen LogP contribution < -0.4 is 0 Å². The van der Waals surface area contributed by atoms with Gasteiger partial charge in [-0.05, 0) is 63.7 Å². The highest BCUT2D eigenvalue weighted by molar-refractivity contribution is 5.76. The second-order valence-corrected chi connectivity index (χ2v) is 9.19. The third kappa shape index (κ3) is 2.89. The van der Waals surface area contributed by atoms with Crippen LogP contribution in [0.1, 0.15) is 73.1 Å². The molecular formula is C19H30O4. The van der Waals surface area contributed by atoms with Crippen molar-refractivity contribution in [3.05, 3.63) is 0 Å². The molecule has 0 radical (unpaired) electrons. The van der Waals surface area contributed by atoms with Gasteiger partial charge in [-0.2, -0.15) is 0 Å². The van der Waals surface area contributed by atoms with E-state index >= 15 is 0 Å². The molecule has 4 rings (SSSR count). The molecule has 4 heteroatoms. The Labute approximate surface area is 139 Å². The number of esters is 2. The van der Waals surface area contributed by atoms with Crippen molar-refractivity contribution in [3.63, 3.8) is 0 Å². The quantitative estimate of drug-likeness (QED) is 0.737. The fourth-order valence-electron chi connectivity index (χ4n) is 5.20. The van der Waals surface area contributed by atoms with E-state index in [0.717, 1.165) is 25.7 Å². The van der Waals surface area contributed by atoms with Gasteiger partial charge in [0.15, 0.2) is 0 Å². The van der Waals surface area contributed by atoms with Crippen LogP contribution in [0.5, 0.6) is 0 Å². The Morgan fingerprint density at radius 2 is 1.48 bits per heavy atom. The minimum Gasteiger partial charge on any atom is -0.459 e. The largest absolute Gasteiger partial charge is 0.459 e. The lowest BCUT2D eigenvalue weighted by molar-refractivity contribution is -0.235. The lowest BCUT2D eigenvalue weighted by Gasteiger charge is -2.60. The van der Waals surface area contributed by atoms with Crippen LogP contribution in [0.15, 0.2) is 0 Å². The van der Waals surface area contributed by atoms with Crippen molar-refractivity contribution in [2.24, 2.45) is 23.2 Å². The van der Waals surface area contributed by atoms with Crippen molar-refractivity contribution in [1.29, 1.82) is 0 Å². The number of rotatable bonds is 4. The van der Waals surface area contributed by atoms with Crippen molar-refractivity contribution in [2.45, 2.75) is 84.3 Å². The van der Waals surface area contributed by atoms with Gasteiger partial charge < -0.3 is 9.47 Å². The maximum Gasteiger partial charge on any atom is 0.312 e. The number of hydrogen-bond donors (Lipinski definition) is 0. The number of hydrogen-bond acceptors (Lipinski definition) is 4. The van der Waals surface area contributed by atoms with Crippen LogP contribution in [-0.4, -0.2) is 23.1 Å². The topological polar surface area (TPSA) is 52.6 Å². The summed E-state index contributed by atoms with van der Waals surface area (Å²) in [5.74, 6) is 0.950. The monoisotopic (exact) mass is 322 g/mol. The Bertz CT molecular complexity index is 505. The zero-order valence-electron chi connectivity index (χ0n) is 15.1. The molecule has 4 bridgehead atoms. The molecule has 23 heavy (non-hydrogen) atoms. The molecule has 4 aliphatic rings. The average Bonchev–Trinajstić information content (AvgIpc) is 2.33. The summed E-state index contributed by atoms with van der Waals surface area (Å²) in [6.07, 6.45) is 5.63. The maximum absolute atomic E-state index is 12.8. The van der Waals surface area contributed by atoms with Crippen molar-refractivity contribution >= 4 is 11.9 Å². The first-order valence-electron chi connectivity index (χ1n) is 8.99. The molecule has 0 aromatic heterocycles. The van der Waals surface area contributed by atoms with E-state index < -0.39 is 16.6 Å². The summed E-state index contributed by atoms with van der Waals surface area (Å²) in [5.41, 5.74) is -1.29. The highest BCUT2D eigenvalue weighted by atomic mass is 16.6. The predicted octanol–water partition coefficient (Wildman–Crippen LogP) is 3.87. The molecule has 130 valence electrons. The van der Waals surface area contributed by atoms with Crippen molar-refractivity contribution < 1.29 is 19.1 Å². The zero-order chi connectivity index (χ0) is 17.0. The third-order valence-corrected chi connectivity index (χ3v) is 6.59. The van der Waals surface area contributed by atoms with E-state index in [4.69, 9.17) is 9.47 Å². The van der Waals surface area contributed by atoms with Gasteiger partial charge in [-0.15, -0.1) is 0 Å². The second-order valence-electron chi connectivity index (χ2n) is 9.19. The van der Waals surface area contributed by atoms with E-state index in [1.54, 1.807) is 0 Å². The fourth-order valence-corrected chi connectivity index (χ4v) is 5.20. The van der Waals surface area contributed by atoms with Crippen LogP contribution in [0.25, 0.3) is 0 Å². The molecular weight excluding hydrogens is 292 g/mol. The van der Waals surface area contributed by atoms with Crippen LogP contribution in [0.4, 0.5) is 0 Å². The van der Waals surface area contributed by atoms with Gasteiger partial charge in [0, 0.05) is 13.3 Å². The van der Waals surface area contributed by atoms with E-state index in [9.17, 15) is 9.59 Å². The van der Waals surface area contributed by atoms with Gasteiger partial charge >= 0.3 is 11.9 Å². The molecule has 0 spiro atoms. The molecule has 4 saturated carbocycles. The molecule has 4 aliphatic carbocycles. The van der Waals surface area contributed by atoms with E-state index in [2.05, 4.69) is 13.8 Å². The van der Waals surface area contributed by atoms with Crippen molar-refractivity contribution in [2.75, 3.05) is 0 Å². The highest BCUT2D eigenvalue weighted by Crippen LogP contribution is 2.60. The molecule has 0 aliphatic heterocycles. The van der Waals surface area contributed by atoms with Crippen LogP contribution in [-0.2, 0) is 19.1 Å². The van der Waals surface area contributed by atoms with Gasteiger partial charge in [-0.1, -0.05) is 13.8 Å². The summed E-state index contributed by atoms with van der Waals surface area (Å²) in [5, 5.41) is 0. The Morgan fingerprint density at radius 3 is 1.91 bits per heavy atom. The lowest BCUT2D eigenvalue weighted by Crippen LogP contribution is -2.62. The van der Waals surface area contributed by atoms with Crippen LogP contribution in [0.2, 0.25) is 0 Å². The van der Waals surface area contributed by atoms with E-state index in [-0.39, 0.29) is 17.9 Å². The summed E-state index contributed by atoms with van der Waals surface area (Å²) < 4.78 is 11.9. The van der Waals surface area contributed by atoms with Gasteiger partial charge in [0.2, 0.25) is 0 Å². The Balaban J connectivity index is 1.82. The maximum atomic E-state index is 12.8. The first-order valence-corrected chi connectivity index (χ1v) is 8.99. The number of ether oxygens (including phenoxy) is 2. The predicted molar refractivity (Wildman–Crippen MR) is 86.6 cm³/mol. The summed E-state index contributed by atoms with van der Waals surface area (Å²) in [6.45, 7) is 9.52. The zero-order valence-corrected chi connectivity index (χ0v) is 15.1. The van der Waals surface area contributed by atoms with Crippen molar-refractivity contribution in [3.8, 4) is 0 Å². The van der Waals surface area contributed by atoms with Gasteiger partial charge in [-0.25, -0.2) is 0 Å². The number of carbonyl (C=O) groups excluding carboxylic acids is 2. The molecule has 0 heterocycles. The van der Waals surface area contributed by atoms with Crippen molar-refractivity contribution in [1.82, 2.24) is 0 Å².